The number of rotatable bonds is 6. The van der Waals surface area contributed by atoms with Gasteiger partial charge < -0.3 is 0 Å². The van der Waals surface area contributed by atoms with Crippen molar-refractivity contribution in [1.82, 2.24) is 5.43 Å². The van der Waals surface area contributed by atoms with E-state index >= 15 is 0 Å². The van der Waals surface area contributed by atoms with Crippen molar-refractivity contribution >= 4 is 65.9 Å². The molecule has 2 aromatic rings. The fourth-order valence-electron chi connectivity index (χ4n) is 2.12. The summed E-state index contributed by atoms with van der Waals surface area (Å²) in [5, 5.41) is 4.06. The smallest absolute Gasteiger partial charge is 0.260 e. The molecule has 0 bridgehead atoms. The topological polar surface area (TPSA) is 78.8 Å². The van der Waals surface area contributed by atoms with Crippen LogP contribution in [0.2, 0.25) is 0 Å². The van der Waals surface area contributed by atoms with Crippen molar-refractivity contribution in [1.29, 1.82) is 0 Å². The maximum absolute atomic E-state index is 12.2. The van der Waals surface area contributed by atoms with E-state index in [1.807, 2.05) is 24.3 Å². The molecule has 0 saturated heterocycles. The van der Waals surface area contributed by atoms with E-state index in [-0.39, 0.29) is 6.54 Å². The Morgan fingerprint density at radius 1 is 1.23 bits per heavy atom. The Bertz CT molecular complexity index is 948. The molecule has 0 saturated carbocycles. The van der Waals surface area contributed by atoms with Gasteiger partial charge in [0, 0.05) is 8.04 Å². The minimum Gasteiger partial charge on any atom is -0.271 e. The normalized spacial score (nSPS) is 11.9. The second kappa shape index (κ2) is 8.96. The van der Waals surface area contributed by atoms with Crippen LogP contribution in [0.5, 0.6) is 0 Å². The molecule has 26 heavy (non-hydrogen) atoms. The molecule has 0 unspecified atom stereocenters. The minimum atomic E-state index is -3.62. The quantitative estimate of drug-likeness (QED) is 0.341. The number of halogens is 2. The molecule has 0 spiro atoms. The van der Waals surface area contributed by atoms with Crippen LogP contribution in [0.25, 0.3) is 0 Å². The number of benzene rings is 2. The van der Waals surface area contributed by atoms with E-state index in [4.69, 9.17) is 0 Å². The van der Waals surface area contributed by atoms with E-state index in [0.717, 1.165) is 24.2 Å². The standard InChI is InChI=1S/C17H17BrIN3O3S/c1-12(13-5-3-7-15(19)9-13)20-21-17(23)11-22(26(2,24)25)16-8-4-6-14(18)10-16/h3-10H,11H2,1-2H3,(H,21,23)/b20-12+. The van der Waals surface area contributed by atoms with Gasteiger partial charge in [-0.2, -0.15) is 5.10 Å². The molecule has 9 heteroatoms. The lowest BCUT2D eigenvalue weighted by Gasteiger charge is -2.21. The number of nitrogens with zero attached hydrogens (tertiary/aromatic N) is 2. The van der Waals surface area contributed by atoms with Crippen molar-refractivity contribution in [2.24, 2.45) is 5.10 Å². The average molecular weight is 550 g/mol. The van der Waals surface area contributed by atoms with Crippen LogP contribution in [0.4, 0.5) is 5.69 Å². The number of carbonyl (C=O) groups excluding carboxylic acids is 1. The summed E-state index contributed by atoms with van der Waals surface area (Å²) >= 11 is 5.50. The molecule has 0 heterocycles. The Labute approximate surface area is 175 Å². The molecule has 0 aliphatic rings. The fraction of sp³-hybridized carbons (Fsp3) is 0.176. The van der Waals surface area contributed by atoms with Gasteiger partial charge in [0.15, 0.2) is 0 Å². The molecule has 0 radical (unpaired) electrons. The van der Waals surface area contributed by atoms with E-state index in [1.165, 1.54) is 0 Å². The summed E-state index contributed by atoms with van der Waals surface area (Å²) in [6.07, 6.45) is 1.06. The van der Waals surface area contributed by atoms with Gasteiger partial charge in [0.1, 0.15) is 6.54 Å². The molecule has 0 fully saturated rings. The first kappa shape index (κ1) is 20.8. The molecule has 0 atom stereocenters. The molecule has 138 valence electrons. The molecule has 0 aliphatic heterocycles. The number of amides is 1. The zero-order valence-corrected chi connectivity index (χ0v) is 18.7. The van der Waals surface area contributed by atoms with Crippen LogP contribution < -0.4 is 9.73 Å². The van der Waals surface area contributed by atoms with Gasteiger partial charge in [-0.1, -0.05) is 34.1 Å². The highest BCUT2D eigenvalue weighted by atomic mass is 127. The van der Waals surface area contributed by atoms with Crippen LogP contribution in [0.15, 0.2) is 58.1 Å². The molecule has 0 aromatic heterocycles. The Morgan fingerprint density at radius 2 is 1.92 bits per heavy atom. The number of carbonyl (C=O) groups is 1. The van der Waals surface area contributed by atoms with Gasteiger partial charge in [-0.15, -0.1) is 0 Å². The lowest BCUT2D eigenvalue weighted by Crippen LogP contribution is -2.39. The summed E-state index contributed by atoms with van der Waals surface area (Å²) < 4.78 is 26.9. The average Bonchev–Trinajstić information content (AvgIpc) is 2.56. The third-order valence-electron chi connectivity index (χ3n) is 3.37. The van der Waals surface area contributed by atoms with Crippen molar-refractivity contribution in [2.75, 3.05) is 17.1 Å². The molecule has 0 aliphatic carbocycles. The fourth-order valence-corrected chi connectivity index (χ4v) is 3.90. The third kappa shape index (κ3) is 6.06. The molecule has 2 rings (SSSR count). The van der Waals surface area contributed by atoms with Crippen LogP contribution in [-0.4, -0.2) is 32.8 Å². The van der Waals surface area contributed by atoms with E-state index in [9.17, 15) is 13.2 Å². The first-order valence-electron chi connectivity index (χ1n) is 7.49. The van der Waals surface area contributed by atoms with Crippen molar-refractivity contribution in [2.45, 2.75) is 6.92 Å². The van der Waals surface area contributed by atoms with Crippen LogP contribution in [-0.2, 0) is 14.8 Å². The molecular weight excluding hydrogens is 533 g/mol. The first-order valence-corrected chi connectivity index (χ1v) is 11.2. The van der Waals surface area contributed by atoms with E-state index in [1.54, 1.807) is 31.2 Å². The second-order valence-electron chi connectivity index (χ2n) is 5.49. The van der Waals surface area contributed by atoms with Crippen molar-refractivity contribution in [3.8, 4) is 0 Å². The second-order valence-corrected chi connectivity index (χ2v) is 9.56. The number of sulfonamides is 1. The molecule has 1 N–H and O–H groups in total. The van der Waals surface area contributed by atoms with Gasteiger partial charge in [0.2, 0.25) is 10.0 Å². The van der Waals surface area contributed by atoms with Crippen molar-refractivity contribution in [3.05, 3.63) is 62.1 Å². The summed E-state index contributed by atoms with van der Waals surface area (Å²) in [6, 6.07) is 14.4. The lowest BCUT2D eigenvalue weighted by molar-refractivity contribution is -0.119. The van der Waals surface area contributed by atoms with Gasteiger partial charge in [-0.05, 0) is 65.4 Å². The summed E-state index contributed by atoms with van der Waals surface area (Å²) in [7, 11) is -3.62. The van der Waals surface area contributed by atoms with E-state index in [2.05, 4.69) is 49.0 Å². The summed E-state index contributed by atoms with van der Waals surface area (Å²) in [5.41, 5.74) is 4.32. The largest absolute Gasteiger partial charge is 0.271 e. The number of hydrazone groups is 1. The van der Waals surface area contributed by atoms with E-state index in [0.29, 0.717) is 11.4 Å². The van der Waals surface area contributed by atoms with Crippen LogP contribution in [0, 0.1) is 3.57 Å². The lowest BCUT2D eigenvalue weighted by atomic mass is 10.1. The van der Waals surface area contributed by atoms with Gasteiger partial charge in [0.25, 0.3) is 5.91 Å². The van der Waals surface area contributed by atoms with Crippen LogP contribution in [0.3, 0.4) is 0 Å². The molecule has 2 aromatic carbocycles. The highest BCUT2D eigenvalue weighted by Crippen LogP contribution is 2.21. The predicted octanol–water partition coefficient (Wildman–Crippen LogP) is 3.36. The summed E-state index contributed by atoms with van der Waals surface area (Å²) in [6.45, 7) is 1.41. The predicted molar refractivity (Wildman–Crippen MR) is 116 cm³/mol. The third-order valence-corrected chi connectivity index (χ3v) is 5.68. The van der Waals surface area contributed by atoms with Crippen LogP contribution >= 0.6 is 38.5 Å². The SMILES string of the molecule is C/C(=N\NC(=O)CN(c1cccc(Br)c1)S(C)(=O)=O)c1cccc(I)c1. The number of hydrogen-bond donors (Lipinski definition) is 1. The first-order chi connectivity index (χ1) is 12.2. The summed E-state index contributed by atoms with van der Waals surface area (Å²) in [5.74, 6) is -0.527. The van der Waals surface area contributed by atoms with Crippen LogP contribution in [0.1, 0.15) is 12.5 Å². The number of anilines is 1. The highest BCUT2D eigenvalue weighted by molar-refractivity contribution is 14.1. The van der Waals surface area contributed by atoms with Gasteiger partial charge in [-0.25, -0.2) is 13.8 Å². The van der Waals surface area contributed by atoms with Gasteiger partial charge >= 0.3 is 0 Å². The monoisotopic (exact) mass is 549 g/mol. The Kier molecular flexibility index (Phi) is 7.18. The zero-order chi connectivity index (χ0) is 19.3. The minimum absolute atomic E-state index is 0.363. The van der Waals surface area contributed by atoms with Gasteiger partial charge in [-0.3, -0.25) is 9.10 Å². The maximum Gasteiger partial charge on any atom is 0.260 e. The summed E-state index contributed by atoms with van der Waals surface area (Å²) in [4.78, 5) is 12.2. The van der Waals surface area contributed by atoms with E-state index < -0.39 is 15.9 Å². The number of nitrogens with one attached hydrogen (secondary N) is 1. The zero-order valence-electron chi connectivity index (χ0n) is 14.1. The Hall–Kier alpha value is -1.46. The Balaban J connectivity index is 2.14. The maximum atomic E-state index is 12.2. The Morgan fingerprint density at radius 3 is 2.54 bits per heavy atom. The highest BCUT2D eigenvalue weighted by Gasteiger charge is 2.21. The molecule has 6 nitrogen and oxygen atoms in total. The molecule has 1 amide bonds. The van der Waals surface area contributed by atoms with Gasteiger partial charge in [0.05, 0.1) is 17.7 Å². The van der Waals surface area contributed by atoms with Crippen molar-refractivity contribution < 1.29 is 13.2 Å². The molecular formula is C17H17BrIN3O3S. The number of hydrogen-bond acceptors (Lipinski definition) is 4. The van der Waals surface area contributed by atoms with Crippen molar-refractivity contribution in [3.63, 3.8) is 0 Å².